The molecule has 2 heterocycles. The van der Waals surface area contributed by atoms with E-state index in [0.717, 1.165) is 30.1 Å². The second-order valence-corrected chi connectivity index (χ2v) is 10.9. The Morgan fingerprint density at radius 2 is 1.74 bits per heavy atom. The molecule has 2 atom stereocenters. The molecule has 1 saturated heterocycles. The normalized spacial score (nSPS) is 16.8. The number of aliphatic hydroxyl groups excluding tert-OH is 1. The Morgan fingerprint density at radius 1 is 1.06 bits per heavy atom. The number of carbonyl (C=O) groups is 2. The summed E-state index contributed by atoms with van der Waals surface area (Å²) in [5.74, 6) is -0.709. The van der Waals surface area contributed by atoms with Crippen molar-refractivity contribution in [3.05, 3.63) is 57.8 Å². The van der Waals surface area contributed by atoms with Crippen LogP contribution in [0.4, 0.5) is 4.79 Å². The number of nitrogens with one attached hydrogen (secondary N) is 1. The van der Waals surface area contributed by atoms with Gasteiger partial charge in [-0.05, 0) is 64.4 Å². The van der Waals surface area contributed by atoms with E-state index in [0.29, 0.717) is 4.88 Å². The smallest absolute Gasteiger partial charge is 0.408 e. The topological polar surface area (TPSA) is 88.1 Å². The van der Waals surface area contributed by atoms with Gasteiger partial charge in [0.1, 0.15) is 18.3 Å². The van der Waals surface area contributed by atoms with Gasteiger partial charge in [-0.3, -0.25) is 4.90 Å². The first kappa shape index (κ1) is 26.2. The lowest BCUT2D eigenvalue weighted by molar-refractivity contribution is -0.160. The summed E-state index contributed by atoms with van der Waals surface area (Å²) in [7, 11) is 0. The fourth-order valence-corrected chi connectivity index (χ4v) is 4.92. The van der Waals surface area contributed by atoms with Gasteiger partial charge in [-0.1, -0.05) is 43.2 Å². The molecule has 2 unspecified atom stereocenters. The molecule has 0 aliphatic carbocycles. The predicted octanol–water partition coefficient (Wildman–Crippen LogP) is 4.79. The molecule has 2 aromatic rings. The third-order valence-corrected chi connectivity index (χ3v) is 6.66. The molecule has 1 aliphatic heterocycles. The number of hydrogen-bond acceptors (Lipinski definition) is 7. The van der Waals surface area contributed by atoms with Crippen molar-refractivity contribution in [1.29, 1.82) is 0 Å². The third-order valence-electron chi connectivity index (χ3n) is 5.51. The molecule has 34 heavy (non-hydrogen) atoms. The minimum absolute atomic E-state index is 0.0583. The number of ether oxygens (including phenoxy) is 2. The first-order chi connectivity index (χ1) is 16.2. The van der Waals surface area contributed by atoms with Gasteiger partial charge in [-0.15, -0.1) is 11.3 Å². The molecule has 1 fully saturated rings. The molecule has 1 aromatic carbocycles. The SMILES string of the molecule is CC(C)(C)OC(=O)C(NC(=O)OCc1ccccc1)C(O)c1ccc(CN2CCCCCC2)s1. The highest BCUT2D eigenvalue weighted by Crippen LogP contribution is 2.28. The van der Waals surface area contributed by atoms with E-state index in [2.05, 4.69) is 10.2 Å². The van der Waals surface area contributed by atoms with Gasteiger partial charge in [0.25, 0.3) is 0 Å². The number of alkyl carbamates (subject to hydrolysis) is 1. The van der Waals surface area contributed by atoms with E-state index in [1.54, 1.807) is 20.8 Å². The summed E-state index contributed by atoms with van der Waals surface area (Å²) in [6, 6.07) is 11.8. The summed E-state index contributed by atoms with van der Waals surface area (Å²) in [5.41, 5.74) is 0.0568. The van der Waals surface area contributed by atoms with Gasteiger partial charge in [0.05, 0.1) is 0 Å². The van der Waals surface area contributed by atoms with Crippen LogP contribution in [0.3, 0.4) is 0 Å². The molecule has 0 spiro atoms. The maximum absolute atomic E-state index is 12.9. The second kappa shape index (κ2) is 12.3. The van der Waals surface area contributed by atoms with E-state index in [4.69, 9.17) is 9.47 Å². The summed E-state index contributed by atoms with van der Waals surface area (Å²) in [4.78, 5) is 29.5. The van der Waals surface area contributed by atoms with Crippen molar-refractivity contribution in [2.24, 2.45) is 0 Å². The molecule has 0 saturated carbocycles. The highest BCUT2D eigenvalue weighted by Gasteiger charge is 2.35. The molecule has 186 valence electrons. The largest absolute Gasteiger partial charge is 0.458 e. The van der Waals surface area contributed by atoms with Crippen LogP contribution in [-0.2, 0) is 27.4 Å². The number of likely N-dealkylation sites (tertiary alicyclic amines) is 1. The molecule has 1 aliphatic rings. The van der Waals surface area contributed by atoms with Crippen LogP contribution in [0.15, 0.2) is 42.5 Å². The number of rotatable bonds is 8. The summed E-state index contributed by atoms with van der Waals surface area (Å²) >= 11 is 1.45. The Bertz CT molecular complexity index is 917. The molecular formula is C26H36N2O5S. The van der Waals surface area contributed by atoms with Gasteiger partial charge in [0.2, 0.25) is 0 Å². The quantitative estimate of drug-likeness (QED) is 0.519. The van der Waals surface area contributed by atoms with Crippen molar-refractivity contribution < 1.29 is 24.2 Å². The van der Waals surface area contributed by atoms with E-state index in [9.17, 15) is 14.7 Å². The monoisotopic (exact) mass is 488 g/mol. The minimum Gasteiger partial charge on any atom is -0.458 e. The van der Waals surface area contributed by atoms with E-state index >= 15 is 0 Å². The van der Waals surface area contributed by atoms with Crippen molar-refractivity contribution in [1.82, 2.24) is 10.2 Å². The molecule has 3 rings (SSSR count). The van der Waals surface area contributed by atoms with E-state index in [1.807, 2.05) is 42.5 Å². The van der Waals surface area contributed by atoms with Gasteiger partial charge in [0, 0.05) is 16.3 Å². The maximum atomic E-state index is 12.9. The van der Waals surface area contributed by atoms with Crippen LogP contribution in [-0.4, -0.2) is 46.8 Å². The lowest BCUT2D eigenvalue weighted by Gasteiger charge is -2.26. The number of benzene rings is 1. The number of carbonyl (C=O) groups excluding carboxylic acids is 2. The first-order valence-electron chi connectivity index (χ1n) is 11.9. The van der Waals surface area contributed by atoms with Crippen LogP contribution in [0.2, 0.25) is 0 Å². The maximum Gasteiger partial charge on any atom is 0.408 e. The average Bonchev–Trinajstić information content (AvgIpc) is 3.10. The fourth-order valence-electron chi connectivity index (χ4n) is 3.84. The predicted molar refractivity (Wildman–Crippen MR) is 132 cm³/mol. The Labute approximate surface area is 206 Å². The first-order valence-corrected chi connectivity index (χ1v) is 12.7. The summed E-state index contributed by atoms with van der Waals surface area (Å²) in [6.07, 6.45) is 2.91. The number of amides is 1. The standard InChI is InChI=1S/C26H36N2O5S/c1-26(2,3)33-24(30)22(27-25(31)32-18-19-11-7-6-8-12-19)23(29)21-14-13-20(34-21)17-28-15-9-4-5-10-16-28/h6-8,11-14,22-23,29H,4-5,9-10,15-18H2,1-3H3,(H,27,31). The molecule has 2 N–H and O–H groups in total. The molecule has 8 heteroatoms. The van der Waals surface area contributed by atoms with E-state index in [-0.39, 0.29) is 6.61 Å². The highest BCUT2D eigenvalue weighted by atomic mass is 32.1. The zero-order valence-electron chi connectivity index (χ0n) is 20.3. The zero-order chi connectivity index (χ0) is 24.6. The van der Waals surface area contributed by atoms with Crippen LogP contribution >= 0.6 is 11.3 Å². The Kier molecular flexibility index (Phi) is 9.50. The molecule has 0 radical (unpaired) electrons. The van der Waals surface area contributed by atoms with Gasteiger partial charge < -0.3 is 19.9 Å². The zero-order valence-corrected chi connectivity index (χ0v) is 21.1. The Hall–Kier alpha value is -2.42. The Morgan fingerprint density at radius 3 is 2.38 bits per heavy atom. The summed E-state index contributed by atoms with van der Waals surface area (Å²) in [5, 5.41) is 13.6. The summed E-state index contributed by atoms with van der Waals surface area (Å²) < 4.78 is 10.7. The van der Waals surface area contributed by atoms with Crippen LogP contribution in [0.1, 0.15) is 67.9 Å². The number of hydrogen-bond donors (Lipinski definition) is 2. The van der Waals surface area contributed by atoms with Crippen molar-refractivity contribution in [2.45, 2.75) is 77.4 Å². The Balaban J connectivity index is 1.67. The molecule has 1 amide bonds. The van der Waals surface area contributed by atoms with Gasteiger partial charge in [-0.25, -0.2) is 9.59 Å². The fraction of sp³-hybridized carbons (Fsp3) is 0.538. The van der Waals surface area contributed by atoms with Crippen LogP contribution in [0, 0.1) is 0 Å². The highest BCUT2D eigenvalue weighted by molar-refractivity contribution is 7.12. The molecular weight excluding hydrogens is 452 g/mol. The van der Waals surface area contributed by atoms with Crippen molar-refractivity contribution in [2.75, 3.05) is 13.1 Å². The van der Waals surface area contributed by atoms with Crippen molar-refractivity contribution in [3.8, 4) is 0 Å². The van der Waals surface area contributed by atoms with Crippen LogP contribution in [0.5, 0.6) is 0 Å². The lowest BCUT2D eigenvalue weighted by Crippen LogP contribution is -2.47. The second-order valence-electron chi connectivity index (χ2n) is 9.66. The van der Waals surface area contributed by atoms with Gasteiger partial charge in [-0.2, -0.15) is 0 Å². The van der Waals surface area contributed by atoms with Crippen LogP contribution < -0.4 is 5.32 Å². The lowest BCUT2D eigenvalue weighted by atomic mass is 10.1. The molecule has 7 nitrogen and oxygen atoms in total. The van der Waals surface area contributed by atoms with Crippen LogP contribution in [0.25, 0.3) is 0 Å². The molecule has 1 aromatic heterocycles. The minimum atomic E-state index is -1.29. The van der Waals surface area contributed by atoms with Crippen molar-refractivity contribution in [3.63, 3.8) is 0 Å². The number of esters is 1. The van der Waals surface area contributed by atoms with Gasteiger partial charge in [0.15, 0.2) is 6.04 Å². The van der Waals surface area contributed by atoms with Gasteiger partial charge >= 0.3 is 12.1 Å². The summed E-state index contributed by atoms with van der Waals surface area (Å²) in [6.45, 7) is 8.26. The number of nitrogens with zero attached hydrogens (tertiary/aromatic N) is 1. The average molecular weight is 489 g/mol. The molecule has 0 bridgehead atoms. The number of thiophene rings is 1. The van der Waals surface area contributed by atoms with E-state index in [1.165, 1.54) is 37.0 Å². The van der Waals surface area contributed by atoms with Crippen molar-refractivity contribution >= 4 is 23.4 Å². The number of aliphatic hydroxyl groups is 1. The van der Waals surface area contributed by atoms with E-state index < -0.39 is 29.8 Å². The third kappa shape index (κ3) is 8.42.